The van der Waals surface area contributed by atoms with Gasteiger partial charge in [-0.05, 0) is 51.9 Å². The highest BCUT2D eigenvalue weighted by Crippen LogP contribution is 2.24. The molecule has 4 rings (SSSR count). The second-order valence-electron chi connectivity index (χ2n) is 7.57. The SMILES string of the molecule is CCN1C(=O)C2NC(c3ccc(NCCN4CCCC4)nc3)=NC2N(CC)C1=O. The number of amides is 3. The number of rotatable bonds is 7. The summed E-state index contributed by atoms with van der Waals surface area (Å²) >= 11 is 0. The number of amidine groups is 1. The summed E-state index contributed by atoms with van der Waals surface area (Å²) in [5, 5.41) is 6.56. The van der Waals surface area contributed by atoms with Crippen molar-refractivity contribution in [1.82, 2.24) is 25.0 Å². The van der Waals surface area contributed by atoms with E-state index in [9.17, 15) is 9.59 Å². The lowest BCUT2D eigenvalue weighted by molar-refractivity contribution is -0.134. The second kappa shape index (κ2) is 8.36. The van der Waals surface area contributed by atoms with Gasteiger partial charge in [-0.15, -0.1) is 0 Å². The van der Waals surface area contributed by atoms with Gasteiger partial charge in [0.15, 0.2) is 6.17 Å². The van der Waals surface area contributed by atoms with Crippen molar-refractivity contribution < 1.29 is 9.59 Å². The number of pyridine rings is 1. The van der Waals surface area contributed by atoms with Gasteiger partial charge < -0.3 is 15.5 Å². The minimum Gasteiger partial charge on any atom is -0.369 e. The largest absolute Gasteiger partial charge is 0.369 e. The van der Waals surface area contributed by atoms with Crippen molar-refractivity contribution in [1.29, 1.82) is 0 Å². The molecule has 3 aliphatic heterocycles. The van der Waals surface area contributed by atoms with Crippen molar-refractivity contribution in [2.75, 3.05) is 44.6 Å². The molecular weight excluding hydrogens is 370 g/mol. The van der Waals surface area contributed by atoms with E-state index in [1.807, 2.05) is 19.1 Å². The van der Waals surface area contributed by atoms with Crippen LogP contribution in [0.4, 0.5) is 10.6 Å². The van der Waals surface area contributed by atoms with Gasteiger partial charge >= 0.3 is 6.03 Å². The molecule has 0 saturated carbocycles. The molecule has 0 spiro atoms. The predicted octanol–water partition coefficient (Wildman–Crippen LogP) is 0.938. The van der Waals surface area contributed by atoms with E-state index >= 15 is 0 Å². The van der Waals surface area contributed by atoms with Crippen molar-refractivity contribution >= 4 is 23.6 Å². The number of carbonyl (C=O) groups is 2. The fourth-order valence-electron chi connectivity index (χ4n) is 4.19. The first-order valence-corrected chi connectivity index (χ1v) is 10.5. The molecule has 4 heterocycles. The first-order chi connectivity index (χ1) is 14.1. The summed E-state index contributed by atoms with van der Waals surface area (Å²) in [4.78, 5) is 39.7. The molecule has 1 aromatic rings. The number of likely N-dealkylation sites (N-methyl/N-ethyl adjacent to an activating group) is 2. The Labute approximate surface area is 171 Å². The zero-order valence-corrected chi connectivity index (χ0v) is 17.1. The van der Waals surface area contributed by atoms with Gasteiger partial charge in [0.2, 0.25) is 0 Å². The molecule has 0 bridgehead atoms. The molecule has 2 atom stereocenters. The fourth-order valence-corrected chi connectivity index (χ4v) is 4.19. The van der Waals surface area contributed by atoms with Gasteiger partial charge in [-0.3, -0.25) is 14.6 Å². The van der Waals surface area contributed by atoms with Gasteiger partial charge in [0.25, 0.3) is 5.91 Å². The Morgan fingerprint density at radius 3 is 2.62 bits per heavy atom. The molecule has 9 nitrogen and oxygen atoms in total. The molecule has 2 unspecified atom stereocenters. The van der Waals surface area contributed by atoms with E-state index in [0.29, 0.717) is 18.9 Å². The van der Waals surface area contributed by atoms with Crippen molar-refractivity contribution in [3.63, 3.8) is 0 Å². The average Bonchev–Trinajstić information content (AvgIpc) is 3.40. The number of imide groups is 1. The smallest absolute Gasteiger partial charge is 0.328 e. The van der Waals surface area contributed by atoms with E-state index in [4.69, 9.17) is 0 Å². The van der Waals surface area contributed by atoms with E-state index in [2.05, 4.69) is 25.5 Å². The quantitative estimate of drug-likeness (QED) is 0.709. The molecule has 1 aromatic heterocycles. The van der Waals surface area contributed by atoms with Crippen LogP contribution in [0.25, 0.3) is 0 Å². The summed E-state index contributed by atoms with van der Waals surface area (Å²) in [6, 6.07) is 3.05. The zero-order chi connectivity index (χ0) is 20.4. The summed E-state index contributed by atoms with van der Waals surface area (Å²) in [5.74, 6) is 1.20. The first kappa shape index (κ1) is 19.6. The molecule has 2 saturated heterocycles. The molecule has 29 heavy (non-hydrogen) atoms. The lowest BCUT2D eigenvalue weighted by atomic mass is 10.1. The normalized spacial score (nSPS) is 24.6. The van der Waals surface area contributed by atoms with Crippen LogP contribution < -0.4 is 10.6 Å². The lowest BCUT2D eigenvalue weighted by Gasteiger charge is -2.39. The van der Waals surface area contributed by atoms with Crippen LogP contribution >= 0.6 is 0 Å². The minimum absolute atomic E-state index is 0.223. The molecule has 156 valence electrons. The summed E-state index contributed by atoms with van der Waals surface area (Å²) in [6.07, 6.45) is 3.84. The molecular formula is C20H29N7O2. The van der Waals surface area contributed by atoms with E-state index < -0.39 is 12.2 Å². The predicted molar refractivity (Wildman–Crippen MR) is 111 cm³/mol. The Hall–Kier alpha value is -2.68. The van der Waals surface area contributed by atoms with Gasteiger partial charge in [0, 0.05) is 37.9 Å². The number of fused-ring (bicyclic) bond motifs is 1. The summed E-state index contributed by atoms with van der Waals surface area (Å²) < 4.78 is 0. The topological polar surface area (TPSA) is 93.2 Å². The van der Waals surface area contributed by atoms with Crippen molar-refractivity contribution in [2.45, 2.75) is 38.9 Å². The second-order valence-corrected chi connectivity index (χ2v) is 7.57. The number of carbonyl (C=O) groups excluding carboxylic acids is 2. The van der Waals surface area contributed by atoms with E-state index in [1.54, 1.807) is 18.0 Å². The van der Waals surface area contributed by atoms with Crippen molar-refractivity contribution in [3.8, 4) is 0 Å². The third-order valence-corrected chi connectivity index (χ3v) is 5.81. The van der Waals surface area contributed by atoms with Crippen LogP contribution in [0.5, 0.6) is 0 Å². The summed E-state index contributed by atoms with van der Waals surface area (Å²) in [7, 11) is 0. The number of likely N-dealkylation sites (tertiary alicyclic amines) is 1. The Balaban J connectivity index is 1.41. The number of aromatic nitrogens is 1. The number of anilines is 1. The molecule has 0 aromatic carbocycles. The fraction of sp³-hybridized carbons (Fsp3) is 0.600. The summed E-state index contributed by atoms with van der Waals surface area (Å²) in [6.45, 7) is 8.83. The van der Waals surface area contributed by atoms with Gasteiger partial charge in [0.05, 0.1) is 0 Å². The molecule has 3 aliphatic rings. The lowest BCUT2D eigenvalue weighted by Crippen LogP contribution is -2.65. The van der Waals surface area contributed by atoms with Crippen molar-refractivity contribution in [3.05, 3.63) is 23.9 Å². The Bertz CT molecular complexity index is 789. The van der Waals surface area contributed by atoms with Crippen LogP contribution in [-0.2, 0) is 4.79 Å². The number of urea groups is 1. The Morgan fingerprint density at radius 1 is 1.17 bits per heavy atom. The first-order valence-electron chi connectivity index (χ1n) is 10.5. The highest BCUT2D eigenvalue weighted by atomic mass is 16.2. The minimum atomic E-state index is -0.541. The van der Waals surface area contributed by atoms with Crippen LogP contribution in [0.2, 0.25) is 0 Å². The molecule has 9 heteroatoms. The maximum absolute atomic E-state index is 12.7. The molecule has 0 aliphatic carbocycles. The van der Waals surface area contributed by atoms with Gasteiger partial charge in [-0.2, -0.15) is 0 Å². The molecule has 0 radical (unpaired) electrons. The van der Waals surface area contributed by atoms with E-state index in [-0.39, 0.29) is 11.9 Å². The number of hydrogen-bond donors (Lipinski definition) is 2. The zero-order valence-electron chi connectivity index (χ0n) is 17.1. The number of nitrogens with zero attached hydrogens (tertiary/aromatic N) is 5. The maximum Gasteiger partial charge on any atom is 0.328 e. The maximum atomic E-state index is 12.7. The third-order valence-electron chi connectivity index (χ3n) is 5.81. The number of hydrogen-bond acceptors (Lipinski definition) is 7. The third kappa shape index (κ3) is 3.78. The van der Waals surface area contributed by atoms with Crippen LogP contribution in [0, 0.1) is 0 Å². The highest BCUT2D eigenvalue weighted by molar-refractivity contribution is 6.08. The molecule has 2 N–H and O–H groups in total. The van der Waals surface area contributed by atoms with Crippen LogP contribution in [0.1, 0.15) is 32.3 Å². The van der Waals surface area contributed by atoms with E-state index in [1.165, 1.54) is 30.8 Å². The van der Waals surface area contributed by atoms with Crippen LogP contribution in [-0.4, -0.2) is 88.9 Å². The Morgan fingerprint density at radius 2 is 1.97 bits per heavy atom. The van der Waals surface area contributed by atoms with Crippen LogP contribution in [0.3, 0.4) is 0 Å². The summed E-state index contributed by atoms with van der Waals surface area (Å²) in [5.41, 5.74) is 0.809. The van der Waals surface area contributed by atoms with E-state index in [0.717, 1.165) is 24.5 Å². The molecule has 2 fully saturated rings. The monoisotopic (exact) mass is 399 g/mol. The number of aliphatic imine (C=N–C) groups is 1. The van der Waals surface area contributed by atoms with Gasteiger partial charge in [-0.1, -0.05) is 0 Å². The van der Waals surface area contributed by atoms with Gasteiger partial charge in [0.1, 0.15) is 17.7 Å². The Kier molecular flexibility index (Phi) is 5.66. The average molecular weight is 399 g/mol. The highest BCUT2D eigenvalue weighted by Gasteiger charge is 2.48. The van der Waals surface area contributed by atoms with Crippen molar-refractivity contribution in [2.24, 2.45) is 4.99 Å². The van der Waals surface area contributed by atoms with Gasteiger partial charge in [-0.25, -0.2) is 14.8 Å². The van der Waals surface area contributed by atoms with Crippen LogP contribution in [0.15, 0.2) is 23.3 Å². The number of nitrogens with one attached hydrogen (secondary N) is 2. The molecule has 3 amide bonds. The standard InChI is InChI=1S/C20H29N7O2/c1-3-26-18-16(19(28)27(4-2)20(26)29)23-17(24-18)14-7-8-15(22-13-14)21-9-12-25-10-5-6-11-25/h7-8,13,16,18H,3-6,9-12H2,1-2H3,(H,21,22)(H,23,24).